The van der Waals surface area contributed by atoms with Gasteiger partial charge in [0.25, 0.3) is 0 Å². The summed E-state index contributed by atoms with van der Waals surface area (Å²) in [7, 11) is 3.69. The smallest absolute Gasteiger partial charge is 0.238 e. The first kappa shape index (κ1) is 27.9. The molecule has 0 saturated heterocycles. The fourth-order valence-electron chi connectivity index (χ4n) is 4.77. The molecule has 1 amide bonds. The van der Waals surface area contributed by atoms with E-state index in [2.05, 4.69) is 22.2 Å². The van der Waals surface area contributed by atoms with Gasteiger partial charge in [-0.2, -0.15) is 0 Å². The van der Waals surface area contributed by atoms with Crippen LogP contribution in [-0.4, -0.2) is 58.7 Å². The standard InChI is InChI=1S/C33H33FN6O/c1-5-15-36-33(30-17-26-24(10-8-12-29(26)38-30)25-9-6-7-11-27(25)34)32-21(2)13-14-28(39-32)22-16-23(19-35-18-22)37-31(41)20-40(3)4/h6-14,16-19,38H,5,15,20H2,1-4H3,(H,37,41)/b36-33-. The van der Waals surface area contributed by atoms with Gasteiger partial charge in [0.2, 0.25) is 5.91 Å². The van der Waals surface area contributed by atoms with Crippen LogP contribution in [0.25, 0.3) is 33.3 Å². The monoisotopic (exact) mass is 548 g/mol. The molecule has 0 spiro atoms. The summed E-state index contributed by atoms with van der Waals surface area (Å²) in [6.07, 6.45) is 4.23. The maximum absolute atomic E-state index is 14.7. The average Bonchev–Trinajstić information content (AvgIpc) is 3.38. The predicted molar refractivity (Wildman–Crippen MR) is 164 cm³/mol. The summed E-state index contributed by atoms with van der Waals surface area (Å²) in [5.74, 6) is -0.379. The van der Waals surface area contributed by atoms with Crippen LogP contribution in [0.15, 0.2) is 84.1 Å². The number of nitrogens with one attached hydrogen (secondary N) is 2. The van der Waals surface area contributed by atoms with Crippen molar-refractivity contribution >= 4 is 28.2 Å². The molecule has 0 aliphatic heterocycles. The Bertz CT molecular complexity index is 1740. The molecule has 7 nitrogen and oxygen atoms in total. The number of anilines is 1. The van der Waals surface area contributed by atoms with E-state index in [1.807, 2.05) is 69.6 Å². The molecule has 208 valence electrons. The number of likely N-dealkylation sites (N-methyl/N-ethyl adjacent to an activating group) is 1. The number of pyridine rings is 2. The maximum atomic E-state index is 14.7. The number of carbonyl (C=O) groups is 1. The third-order valence-electron chi connectivity index (χ3n) is 6.68. The fraction of sp³-hybridized carbons (Fsp3) is 0.212. The lowest BCUT2D eigenvalue weighted by atomic mass is 10.0. The van der Waals surface area contributed by atoms with Crippen molar-refractivity contribution in [2.24, 2.45) is 4.99 Å². The summed E-state index contributed by atoms with van der Waals surface area (Å²) in [6, 6.07) is 20.5. The number of benzene rings is 2. The van der Waals surface area contributed by atoms with Crippen LogP contribution in [0.4, 0.5) is 10.1 Å². The summed E-state index contributed by atoms with van der Waals surface area (Å²) in [4.78, 5) is 31.9. The Hall–Kier alpha value is -4.69. The molecule has 3 aromatic heterocycles. The second-order valence-electron chi connectivity index (χ2n) is 10.3. The lowest BCUT2D eigenvalue weighted by Crippen LogP contribution is -2.27. The van der Waals surface area contributed by atoms with Gasteiger partial charge in [-0.25, -0.2) is 9.37 Å². The molecule has 0 radical (unpaired) electrons. The van der Waals surface area contributed by atoms with Crippen molar-refractivity contribution in [3.8, 4) is 22.4 Å². The van der Waals surface area contributed by atoms with Gasteiger partial charge in [0.15, 0.2) is 0 Å². The molecule has 0 aliphatic carbocycles. The number of aryl methyl sites for hydroxylation is 1. The normalized spacial score (nSPS) is 11.8. The van der Waals surface area contributed by atoms with E-state index in [1.54, 1.807) is 29.4 Å². The van der Waals surface area contributed by atoms with Gasteiger partial charge < -0.3 is 15.2 Å². The van der Waals surface area contributed by atoms with Gasteiger partial charge in [0.05, 0.1) is 35.5 Å². The van der Waals surface area contributed by atoms with E-state index in [4.69, 9.17) is 9.98 Å². The number of aromatic nitrogens is 3. The lowest BCUT2D eigenvalue weighted by molar-refractivity contribution is -0.116. The largest absolute Gasteiger partial charge is 0.353 e. The van der Waals surface area contributed by atoms with Crippen LogP contribution in [0.1, 0.15) is 30.3 Å². The second-order valence-corrected chi connectivity index (χ2v) is 10.3. The van der Waals surface area contributed by atoms with Crippen LogP contribution in [0.2, 0.25) is 0 Å². The number of nitrogens with zero attached hydrogens (tertiary/aromatic N) is 4. The summed E-state index contributed by atoms with van der Waals surface area (Å²) in [6.45, 7) is 5.00. The topological polar surface area (TPSA) is 86.3 Å². The number of amides is 1. The first-order chi connectivity index (χ1) is 19.8. The molecule has 5 rings (SSSR count). The summed E-state index contributed by atoms with van der Waals surface area (Å²) >= 11 is 0. The number of aromatic amines is 1. The Kier molecular flexibility index (Phi) is 8.31. The van der Waals surface area contributed by atoms with Crippen molar-refractivity contribution in [3.63, 3.8) is 0 Å². The maximum Gasteiger partial charge on any atom is 0.238 e. The molecule has 41 heavy (non-hydrogen) atoms. The number of halogens is 1. The van der Waals surface area contributed by atoms with Crippen LogP contribution in [-0.2, 0) is 4.79 Å². The van der Waals surface area contributed by atoms with Crippen LogP contribution in [0.3, 0.4) is 0 Å². The molecule has 0 aliphatic rings. The molecule has 3 heterocycles. The Morgan fingerprint density at radius 2 is 1.83 bits per heavy atom. The number of hydrogen-bond donors (Lipinski definition) is 2. The lowest BCUT2D eigenvalue weighted by Gasteiger charge is -2.12. The van der Waals surface area contributed by atoms with Gasteiger partial charge in [-0.05, 0) is 68.9 Å². The third-order valence-corrected chi connectivity index (χ3v) is 6.68. The quantitative estimate of drug-likeness (QED) is 0.206. The van der Waals surface area contributed by atoms with Crippen molar-refractivity contribution in [2.75, 3.05) is 32.5 Å². The van der Waals surface area contributed by atoms with Gasteiger partial charge in [-0.15, -0.1) is 0 Å². The summed E-state index contributed by atoms with van der Waals surface area (Å²) < 4.78 is 14.7. The summed E-state index contributed by atoms with van der Waals surface area (Å²) in [5, 5.41) is 3.81. The van der Waals surface area contributed by atoms with E-state index in [1.165, 1.54) is 6.07 Å². The van der Waals surface area contributed by atoms with E-state index in [0.717, 1.165) is 51.1 Å². The van der Waals surface area contributed by atoms with Crippen molar-refractivity contribution in [3.05, 3.63) is 102 Å². The van der Waals surface area contributed by atoms with E-state index >= 15 is 0 Å². The van der Waals surface area contributed by atoms with Gasteiger partial charge in [0, 0.05) is 34.8 Å². The third kappa shape index (κ3) is 6.23. The van der Waals surface area contributed by atoms with Crippen molar-refractivity contribution in [1.29, 1.82) is 0 Å². The minimum Gasteiger partial charge on any atom is -0.353 e. The van der Waals surface area contributed by atoms with Crippen molar-refractivity contribution in [1.82, 2.24) is 19.9 Å². The zero-order valence-electron chi connectivity index (χ0n) is 23.7. The number of rotatable bonds is 9. The van der Waals surface area contributed by atoms with Crippen LogP contribution in [0, 0.1) is 12.7 Å². The van der Waals surface area contributed by atoms with E-state index in [9.17, 15) is 9.18 Å². The SMILES string of the molecule is CCC/N=C(/c1cc2c(-c3ccccc3F)cccc2[nH]1)c1nc(-c2cncc(NC(=O)CN(C)C)c2)ccc1C. The Morgan fingerprint density at radius 3 is 2.61 bits per heavy atom. The van der Waals surface area contributed by atoms with Gasteiger partial charge in [-0.1, -0.05) is 43.3 Å². The second kappa shape index (κ2) is 12.2. The Labute approximate surface area is 239 Å². The molecule has 5 aromatic rings. The predicted octanol–water partition coefficient (Wildman–Crippen LogP) is 6.49. The van der Waals surface area contributed by atoms with Gasteiger partial charge in [-0.3, -0.25) is 14.8 Å². The van der Waals surface area contributed by atoms with Crippen LogP contribution >= 0.6 is 0 Å². The van der Waals surface area contributed by atoms with Gasteiger partial charge in [0.1, 0.15) is 11.5 Å². The van der Waals surface area contributed by atoms with Crippen molar-refractivity contribution < 1.29 is 9.18 Å². The van der Waals surface area contributed by atoms with E-state index in [-0.39, 0.29) is 18.3 Å². The van der Waals surface area contributed by atoms with Crippen LogP contribution in [0.5, 0.6) is 0 Å². The zero-order valence-corrected chi connectivity index (χ0v) is 23.7. The highest BCUT2D eigenvalue weighted by Gasteiger charge is 2.18. The molecule has 2 N–H and O–H groups in total. The Balaban J connectivity index is 1.56. The molecule has 0 fully saturated rings. The first-order valence-corrected chi connectivity index (χ1v) is 13.6. The van der Waals surface area contributed by atoms with Crippen LogP contribution < -0.4 is 5.32 Å². The number of aliphatic imine (C=N–C) groups is 1. The number of hydrogen-bond acceptors (Lipinski definition) is 5. The molecule has 0 saturated carbocycles. The molecular weight excluding hydrogens is 515 g/mol. The highest BCUT2D eigenvalue weighted by Crippen LogP contribution is 2.32. The summed E-state index contributed by atoms with van der Waals surface area (Å²) in [5.41, 5.74) is 7.64. The number of carbonyl (C=O) groups excluding carboxylic acids is 1. The highest BCUT2D eigenvalue weighted by molar-refractivity contribution is 6.14. The minimum absolute atomic E-state index is 0.117. The van der Waals surface area contributed by atoms with Gasteiger partial charge >= 0.3 is 0 Å². The number of fused-ring (bicyclic) bond motifs is 1. The molecule has 0 unspecified atom stereocenters. The number of H-pyrrole nitrogens is 1. The first-order valence-electron chi connectivity index (χ1n) is 13.6. The highest BCUT2D eigenvalue weighted by atomic mass is 19.1. The molecular formula is C33H33FN6O. The molecule has 8 heteroatoms. The minimum atomic E-state index is -0.262. The molecule has 0 bridgehead atoms. The fourth-order valence-corrected chi connectivity index (χ4v) is 4.77. The zero-order chi connectivity index (χ0) is 28.9. The molecule has 0 atom stereocenters. The molecule has 2 aromatic carbocycles. The average molecular weight is 549 g/mol. The van der Waals surface area contributed by atoms with Crippen molar-refractivity contribution in [2.45, 2.75) is 20.3 Å². The Morgan fingerprint density at radius 1 is 1.02 bits per heavy atom. The van der Waals surface area contributed by atoms with E-state index < -0.39 is 0 Å². The van der Waals surface area contributed by atoms with E-state index in [0.29, 0.717) is 23.5 Å².